The molecular weight excluding hydrogens is 456 g/mol. The van der Waals surface area contributed by atoms with Crippen LogP contribution >= 0.6 is 11.6 Å². The standard InChI is InChI=1S/C26H27ClN2O5/c1-34-26(33)17-11-12-19-21(13-17)29(28-23(19)15-7-9-16(10-8-15)25(31)32)24(30)22-18(14-5-6-14)3-2-4-20(22)27/h2-4,7,14,16-17H,5-6,8-13H2,1H3,(H,31,32). The van der Waals surface area contributed by atoms with Gasteiger partial charge in [-0.05, 0) is 68.1 Å². The summed E-state index contributed by atoms with van der Waals surface area (Å²) in [6.07, 6.45) is 7.18. The van der Waals surface area contributed by atoms with E-state index < -0.39 is 11.9 Å². The Morgan fingerprint density at radius 3 is 2.53 bits per heavy atom. The van der Waals surface area contributed by atoms with Gasteiger partial charge in [-0.25, -0.2) is 0 Å². The zero-order chi connectivity index (χ0) is 24.0. The fraction of sp³-hybridized carbons (Fsp3) is 0.462. The Kier molecular flexibility index (Phi) is 6.06. The number of benzene rings is 1. The number of halogens is 1. The van der Waals surface area contributed by atoms with E-state index in [1.165, 1.54) is 11.8 Å². The maximum absolute atomic E-state index is 13.9. The van der Waals surface area contributed by atoms with E-state index in [1.807, 2.05) is 18.2 Å². The van der Waals surface area contributed by atoms with Gasteiger partial charge in [0.1, 0.15) is 0 Å². The molecule has 2 atom stereocenters. The van der Waals surface area contributed by atoms with Gasteiger partial charge < -0.3 is 9.84 Å². The van der Waals surface area contributed by atoms with E-state index in [0.717, 1.165) is 40.9 Å². The molecule has 5 rings (SSSR count). The van der Waals surface area contributed by atoms with E-state index in [9.17, 15) is 19.5 Å². The number of aromatic nitrogens is 2. The van der Waals surface area contributed by atoms with E-state index in [1.54, 1.807) is 6.07 Å². The molecule has 2 aromatic rings. The predicted molar refractivity (Wildman–Crippen MR) is 126 cm³/mol. The maximum Gasteiger partial charge on any atom is 0.309 e. The number of allylic oxidation sites excluding steroid dienone is 2. The topological polar surface area (TPSA) is 98.5 Å². The summed E-state index contributed by atoms with van der Waals surface area (Å²) in [6, 6.07) is 5.56. The maximum atomic E-state index is 13.9. The summed E-state index contributed by atoms with van der Waals surface area (Å²) in [5.74, 6) is -1.74. The highest BCUT2D eigenvalue weighted by molar-refractivity contribution is 6.34. The monoisotopic (exact) mass is 482 g/mol. The first kappa shape index (κ1) is 22.8. The van der Waals surface area contributed by atoms with Crippen molar-refractivity contribution in [3.63, 3.8) is 0 Å². The van der Waals surface area contributed by atoms with Gasteiger partial charge in [0, 0.05) is 12.0 Å². The molecule has 0 saturated heterocycles. The van der Waals surface area contributed by atoms with Crippen LogP contribution in [0.3, 0.4) is 0 Å². The molecule has 1 aromatic carbocycles. The van der Waals surface area contributed by atoms with Crippen molar-refractivity contribution in [3.05, 3.63) is 57.4 Å². The second kappa shape index (κ2) is 9.02. The summed E-state index contributed by atoms with van der Waals surface area (Å²) in [5.41, 5.74) is 4.84. The molecule has 3 aliphatic rings. The molecule has 1 fully saturated rings. The van der Waals surface area contributed by atoms with Crippen LogP contribution in [-0.4, -0.2) is 39.8 Å². The number of fused-ring (bicyclic) bond motifs is 1. The number of nitrogens with zero attached hydrogens (tertiary/aromatic N) is 2. The Hall–Kier alpha value is -2.93. The van der Waals surface area contributed by atoms with Gasteiger partial charge >= 0.3 is 11.9 Å². The first-order chi connectivity index (χ1) is 16.4. The van der Waals surface area contributed by atoms with Crippen molar-refractivity contribution in [1.29, 1.82) is 0 Å². The Morgan fingerprint density at radius 1 is 1.12 bits per heavy atom. The molecule has 0 bridgehead atoms. The molecule has 1 N–H and O–H groups in total. The van der Waals surface area contributed by atoms with Gasteiger partial charge in [-0.1, -0.05) is 29.8 Å². The van der Waals surface area contributed by atoms with Gasteiger partial charge in [-0.15, -0.1) is 0 Å². The lowest BCUT2D eigenvalue weighted by Gasteiger charge is -2.22. The zero-order valence-corrected chi connectivity index (χ0v) is 19.8. The predicted octanol–water partition coefficient (Wildman–Crippen LogP) is 4.65. The third-order valence-corrected chi connectivity index (χ3v) is 7.66. The summed E-state index contributed by atoms with van der Waals surface area (Å²) >= 11 is 6.53. The van der Waals surface area contributed by atoms with Crippen LogP contribution in [0.5, 0.6) is 0 Å². The van der Waals surface area contributed by atoms with Crippen LogP contribution in [0.1, 0.15) is 77.3 Å². The van der Waals surface area contributed by atoms with E-state index in [2.05, 4.69) is 0 Å². The second-order valence-corrected chi connectivity index (χ2v) is 9.88. The number of hydrogen-bond acceptors (Lipinski definition) is 5. The zero-order valence-electron chi connectivity index (χ0n) is 19.1. The highest BCUT2D eigenvalue weighted by atomic mass is 35.5. The van der Waals surface area contributed by atoms with Gasteiger partial charge in [0.2, 0.25) is 0 Å². The summed E-state index contributed by atoms with van der Waals surface area (Å²) in [4.78, 5) is 37.6. The van der Waals surface area contributed by atoms with Crippen LogP contribution in [0.25, 0.3) is 5.57 Å². The van der Waals surface area contributed by atoms with Crippen LogP contribution in [0.15, 0.2) is 24.3 Å². The van der Waals surface area contributed by atoms with Gasteiger partial charge in [-0.2, -0.15) is 9.78 Å². The van der Waals surface area contributed by atoms with E-state index >= 15 is 0 Å². The van der Waals surface area contributed by atoms with E-state index in [0.29, 0.717) is 55.0 Å². The summed E-state index contributed by atoms with van der Waals surface area (Å²) in [7, 11) is 1.38. The molecule has 0 amide bonds. The van der Waals surface area contributed by atoms with Crippen LogP contribution in [0.2, 0.25) is 5.02 Å². The summed E-state index contributed by atoms with van der Waals surface area (Å²) in [5, 5.41) is 14.5. The Bertz CT molecular complexity index is 1210. The van der Waals surface area contributed by atoms with Gasteiger partial charge in [0.25, 0.3) is 5.91 Å². The van der Waals surface area contributed by atoms with Crippen LogP contribution < -0.4 is 0 Å². The third-order valence-electron chi connectivity index (χ3n) is 7.34. The van der Waals surface area contributed by atoms with Crippen LogP contribution in [0.4, 0.5) is 0 Å². The minimum Gasteiger partial charge on any atom is -0.481 e. The van der Waals surface area contributed by atoms with Crippen molar-refractivity contribution >= 4 is 35.0 Å². The highest BCUT2D eigenvalue weighted by Gasteiger charge is 2.36. The Morgan fingerprint density at radius 2 is 1.88 bits per heavy atom. The number of carbonyl (C=O) groups excluding carboxylic acids is 2. The van der Waals surface area contributed by atoms with Crippen LogP contribution in [-0.2, 0) is 27.2 Å². The number of methoxy groups -OCH3 is 1. The third kappa shape index (κ3) is 4.06. The molecule has 1 saturated carbocycles. The number of hydrogen-bond donors (Lipinski definition) is 1. The second-order valence-electron chi connectivity index (χ2n) is 9.47. The number of aliphatic carboxylic acids is 1. The van der Waals surface area contributed by atoms with Crippen molar-refractivity contribution in [1.82, 2.24) is 9.78 Å². The minimum atomic E-state index is -0.787. The molecule has 8 heteroatoms. The Labute approximate surface area is 202 Å². The molecule has 1 aromatic heterocycles. The average molecular weight is 483 g/mol. The number of esters is 1. The molecule has 0 aliphatic heterocycles. The molecule has 1 heterocycles. The molecule has 0 radical (unpaired) electrons. The van der Waals surface area contributed by atoms with E-state index in [-0.39, 0.29) is 17.8 Å². The fourth-order valence-electron chi connectivity index (χ4n) is 5.29. The smallest absolute Gasteiger partial charge is 0.309 e. The van der Waals surface area contributed by atoms with Crippen molar-refractivity contribution < 1.29 is 24.2 Å². The number of rotatable bonds is 5. The van der Waals surface area contributed by atoms with Crippen molar-refractivity contribution in [2.24, 2.45) is 11.8 Å². The Balaban J connectivity index is 1.59. The average Bonchev–Trinajstić information content (AvgIpc) is 3.63. The molecular formula is C26H27ClN2O5. The normalized spacial score (nSPS) is 22.0. The minimum absolute atomic E-state index is 0.277. The van der Waals surface area contributed by atoms with Crippen LogP contribution in [0, 0.1) is 11.8 Å². The quantitative estimate of drug-likeness (QED) is 0.623. The number of carboxylic acid groups (broad SMARTS) is 1. The van der Waals surface area contributed by atoms with Crippen molar-refractivity contribution in [3.8, 4) is 0 Å². The number of carbonyl (C=O) groups is 3. The molecule has 178 valence electrons. The van der Waals surface area contributed by atoms with Gasteiger partial charge in [-0.3, -0.25) is 14.4 Å². The summed E-state index contributed by atoms with van der Waals surface area (Å²) < 4.78 is 6.42. The first-order valence-corrected chi connectivity index (χ1v) is 12.2. The lowest BCUT2D eigenvalue weighted by Crippen LogP contribution is -2.27. The molecule has 2 unspecified atom stereocenters. The fourth-order valence-corrected chi connectivity index (χ4v) is 5.55. The molecule has 34 heavy (non-hydrogen) atoms. The summed E-state index contributed by atoms with van der Waals surface area (Å²) in [6.45, 7) is 0. The lowest BCUT2D eigenvalue weighted by molar-refractivity contribution is -0.146. The van der Waals surface area contributed by atoms with Gasteiger partial charge in [0.05, 0.1) is 40.9 Å². The van der Waals surface area contributed by atoms with Crippen molar-refractivity contribution in [2.45, 2.75) is 57.3 Å². The highest BCUT2D eigenvalue weighted by Crippen LogP contribution is 2.44. The lowest BCUT2D eigenvalue weighted by atomic mass is 9.82. The molecule has 3 aliphatic carbocycles. The largest absolute Gasteiger partial charge is 0.481 e. The molecule has 0 spiro atoms. The first-order valence-electron chi connectivity index (χ1n) is 11.8. The number of carboxylic acids is 1. The van der Waals surface area contributed by atoms with Gasteiger partial charge in [0.15, 0.2) is 0 Å². The van der Waals surface area contributed by atoms with E-state index in [4.69, 9.17) is 21.4 Å². The SMILES string of the molecule is COC(=O)C1CCc2c(C3=CCC(C(=O)O)CC3)nn(C(=O)c3c(Cl)cccc3C3CC3)c2C1. The molecule has 7 nitrogen and oxygen atoms in total. The number of ether oxygens (including phenoxy) is 1. The van der Waals surface area contributed by atoms with Crippen molar-refractivity contribution in [2.75, 3.05) is 7.11 Å².